The van der Waals surface area contributed by atoms with Gasteiger partial charge in [0.25, 0.3) is 5.91 Å². The number of pyridine rings is 1. The fraction of sp³-hybridized carbons (Fsp3) is 0.200. The molecule has 74 valence electrons. The van der Waals surface area contributed by atoms with Crippen LogP contribution in [-0.4, -0.2) is 17.4 Å². The van der Waals surface area contributed by atoms with Gasteiger partial charge in [0.2, 0.25) is 0 Å². The zero-order chi connectivity index (χ0) is 10.4. The van der Waals surface area contributed by atoms with Crippen LogP contribution >= 0.6 is 11.6 Å². The number of amides is 1. The highest BCUT2D eigenvalue weighted by Gasteiger charge is 2.07. The Hall–Kier alpha value is -1.35. The number of hydrogen-bond donors (Lipinski definition) is 1. The third kappa shape index (κ3) is 2.85. The van der Waals surface area contributed by atoms with Gasteiger partial charge in [0.15, 0.2) is 0 Å². The topological polar surface area (TPSA) is 42.0 Å². The van der Waals surface area contributed by atoms with Crippen LogP contribution < -0.4 is 5.32 Å². The monoisotopic (exact) mass is 210 g/mol. The quantitative estimate of drug-likeness (QED) is 0.611. The summed E-state index contributed by atoms with van der Waals surface area (Å²) in [5.41, 5.74) is 0.450. The molecule has 0 aliphatic rings. The van der Waals surface area contributed by atoms with E-state index in [0.717, 1.165) is 6.42 Å². The molecular formula is C10H11ClN2O. The summed E-state index contributed by atoms with van der Waals surface area (Å²) in [4.78, 5) is 15.3. The Kier molecular flexibility index (Phi) is 4.13. The Morgan fingerprint density at radius 2 is 2.50 bits per heavy atom. The second-order valence-corrected chi connectivity index (χ2v) is 3.10. The van der Waals surface area contributed by atoms with E-state index in [-0.39, 0.29) is 5.91 Å². The molecule has 4 heteroatoms. The van der Waals surface area contributed by atoms with Crippen molar-refractivity contribution in [1.82, 2.24) is 10.3 Å². The van der Waals surface area contributed by atoms with Gasteiger partial charge >= 0.3 is 0 Å². The molecule has 0 spiro atoms. The maximum Gasteiger partial charge on any atom is 0.252 e. The third-order valence-electron chi connectivity index (χ3n) is 1.65. The molecule has 0 unspecified atom stereocenters. The van der Waals surface area contributed by atoms with E-state index >= 15 is 0 Å². The van der Waals surface area contributed by atoms with Crippen molar-refractivity contribution in [2.75, 3.05) is 6.54 Å². The number of nitrogens with one attached hydrogen (secondary N) is 1. The van der Waals surface area contributed by atoms with Crippen molar-refractivity contribution in [2.24, 2.45) is 0 Å². The zero-order valence-electron chi connectivity index (χ0n) is 7.66. The van der Waals surface area contributed by atoms with Gasteiger partial charge in [0.05, 0.1) is 10.6 Å². The first-order valence-corrected chi connectivity index (χ1v) is 4.62. The fourth-order valence-electron chi connectivity index (χ4n) is 0.942. The molecule has 0 saturated carbocycles. The van der Waals surface area contributed by atoms with E-state index in [1.165, 1.54) is 12.4 Å². The number of rotatable bonds is 4. The molecule has 0 atom stereocenters. The molecule has 14 heavy (non-hydrogen) atoms. The second kappa shape index (κ2) is 5.40. The highest BCUT2D eigenvalue weighted by atomic mass is 35.5. The van der Waals surface area contributed by atoms with Crippen LogP contribution in [0.15, 0.2) is 31.1 Å². The Labute approximate surface area is 87.8 Å². The first kappa shape index (κ1) is 10.7. The SMILES string of the molecule is C=CCCNC(=O)c1ccncc1Cl. The lowest BCUT2D eigenvalue weighted by atomic mass is 10.2. The summed E-state index contributed by atoms with van der Waals surface area (Å²) in [7, 11) is 0. The van der Waals surface area contributed by atoms with Gasteiger partial charge in [-0.05, 0) is 12.5 Å². The molecule has 0 radical (unpaired) electrons. The molecule has 0 bridgehead atoms. The summed E-state index contributed by atoms with van der Waals surface area (Å²) in [5.74, 6) is -0.181. The molecule has 0 saturated heterocycles. The maximum atomic E-state index is 11.5. The standard InChI is InChI=1S/C10H11ClN2O/c1-2-3-5-13-10(14)8-4-6-12-7-9(8)11/h2,4,6-7H,1,3,5H2,(H,13,14). The van der Waals surface area contributed by atoms with E-state index < -0.39 is 0 Å². The first-order valence-electron chi connectivity index (χ1n) is 4.24. The van der Waals surface area contributed by atoms with Crippen molar-refractivity contribution >= 4 is 17.5 Å². The molecule has 1 amide bonds. The molecule has 0 aromatic carbocycles. The van der Waals surface area contributed by atoms with Gasteiger partial charge in [-0.1, -0.05) is 17.7 Å². The molecule has 0 fully saturated rings. The van der Waals surface area contributed by atoms with Crippen LogP contribution in [0.4, 0.5) is 0 Å². The van der Waals surface area contributed by atoms with Gasteiger partial charge in [-0.25, -0.2) is 0 Å². The van der Waals surface area contributed by atoms with Gasteiger partial charge in [-0.15, -0.1) is 6.58 Å². The van der Waals surface area contributed by atoms with E-state index in [0.29, 0.717) is 17.1 Å². The van der Waals surface area contributed by atoms with E-state index in [9.17, 15) is 4.79 Å². The van der Waals surface area contributed by atoms with Crippen molar-refractivity contribution in [1.29, 1.82) is 0 Å². The lowest BCUT2D eigenvalue weighted by Gasteiger charge is -2.04. The first-order chi connectivity index (χ1) is 6.75. The molecule has 1 heterocycles. The molecule has 1 aromatic rings. The summed E-state index contributed by atoms with van der Waals surface area (Å²) in [6.45, 7) is 4.13. The number of carbonyl (C=O) groups excluding carboxylic acids is 1. The van der Waals surface area contributed by atoms with E-state index in [1.807, 2.05) is 0 Å². The average molecular weight is 211 g/mol. The highest BCUT2D eigenvalue weighted by molar-refractivity contribution is 6.33. The van der Waals surface area contributed by atoms with Crippen molar-refractivity contribution in [2.45, 2.75) is 6.42 Å². The van der Waals surface area contributed by atoms with Crippen LogP contribution in [0.2, 0.25) is 5.02 Å². The Morgan fingerprint density at radius 3 is 3.14 bits per heavy atom. The summed E-state index contributed by atoms with van der Waals surface area (Å²) >= 11 is 5.79. The van der Waals surface area contributed by atoms with Crippen LogP contribution in [0.25, 0.3) is 0 Å². The van der Waals surface area contributed by atoms with Crippen molar-refractivity contribution in [3.05, 3.63) is 41.7 Å². The zero-order valence-corrected chi connectivity index (χ0v) is 8.42. The number of aromatic nitrogens is 1. The minimum absolute atomic E-state index is 0.181. The van der Waals surface area contributed by atoms with E-state index in [4.69, 9.17) is 11.6 Å². The number of nitrogens with zero attached hydrogens (tertiary/aromatic N) is 1. The molecule has 1 aromatic heterocycles. The minimum Gasteiger partial charge on any atom is -0.352 e. The minimum atomic E-state index is -0.181. The van der Waals surface area contributed by atoms with Crippen molar-refractivity contribution < 1.29 is 4.79 Å². The molecule has 0 aliphatic heterocycles. The van der Waals surface area contributed by atoms with Gasteiger partial charge in [0, 0.05) is 18.9 Å². The maximum absolute atomic E-state index is 11.5. The number of halogens is 1. The van der Waals surface area contributed by atoms with Crippen molar-refractivity contribution in [3.63, 3.8) is 0 Å². The summed E-state index contributed by atoms with van der Waals surface area (Å²) in [6.07, 6.45) is 5.47. The van der Waals surface area contributed by atoms with E-state index in [2.05, 4.69) is 16.9 Å². The van der Waals surface area contributed by atoms with Crippen LogP contribution in [0.3, 0.4) is 0 Å². The van der Waals surface area contributed by atoms with Crippen LogP contribution in [0.5, 0.6) is 0 Å². The number of carbonyl (C=O) groups is 1. The van der Waals surface area contributed by atoms with E-state index in [1.54, 1.807) is 12.1 Å². The largest absolute Gasteiger partial charge is 0.352 e. The molecule has 0 aliphatic carbocycles. The molecule has 1 rings (SSSR count). The summed E-state index contributed by atoms with van der Waals surface area (Å²) < 4.78 is 0. The van der Waals surface area contributed by atoms with Crippen LogP contribution in [0, 0.1) is 0 Å². The molecule has 1 N–H and O–H groups in total. The van der Waals surface area contributed by atoms with Crippen LogP contribution in [0.1, 0.15) is 16.8 Å². The number of hydrogen-bond acceptors (Lipinski definition) is 2. The Balaban J connectivity index is 2.60. The van der Waals surface area contributed by atoms with Gasteiger partial charge in [-0.3, -0.25) is 9.78 Å². The summed E-state index contributed by atoms with van der Waals surface area (Å²) in [6, 6.07) is 1.59. The Morgan fingerprint density at radius 1 is 1.71 bits per heavy atom. The normalized spacial score (nSPS) is 9.50. The molecular weight excluding hydrogens is 200 g/mol. The second-order valence-electron chi connectivity index (χ2n) is 2.69. The predicted octanol–water partition coefficient (Wildman–Crippen LogP) is 2.04. The smallest absolute Gasteiger partial charge is 0.252 e. The fourth-order valence-corrected chi connectivity index (χ4v) is 1.15. The van der Waals surface area contributed by atoms with Crippen molar-refractivity contribution in [3.8, 4) is 0 Å². The predicted molar refractivity (Wildman–Crippen MR) is 56.4 cm³/mol. The lowest BCUT2D eigenvalue weighted by Crippen LogP contribution is -2.24. The average Bonchev–Trinajstić information content (AvgIpc) is 2.18. The van der Waals surface area contributed by atoms with Crippen LogP contribution in [-0.2, 0) is 0 Å². The molecule has 3 nitrogen and oxygen atoms in total. The van der Waals surface area contributed by atoms with Gasteiger partial charge in [0.1, 0.15) is 0 Å². The van der Waals surface area contributed by atoms with Gasteiger partial charge < -0.3 is 5.32 Å². The lowest BCUT2D eigenvalue weighted by molar-refractivity contribution is 0.0954. The highest BCUT2D eigenvalue weighted by Crippen LogP contribution is 2.12. The Bertz CT molecular complexity index is 339. The van der Waals surface area contributed by atoms with Gasteiger partial charge in [-0.2, -0.15) is 0 Å². The third-order valence-corrected chi connectivity index (χ3v) is 1.95. The summed E-state index contributed by atoms with van der Waals surface area (Å²) in [5, 5.41) is 3.08.